The summed E-state index contributed by atoms with van der Waals surface area (Å²) in [6.07, 6.45) is 3.68. The first-order chi connectivity index (χ1) is 14.4. The second kappa shape index (κ2) is 8.17. The van der Waals surface area contributed by atoms with E-state index in [0.29, 0.717) is 27.5 Å². The molecule has 0 spiro atoms. The highest BCUT2D eigenvalue weighted by Gasteiger charge is 2.46. The third-order valence-electron chi connectivity index (χ3n) is 6.24. The van der Waals surface area contributed by atoms with Gasteiger partial charge in [0, 0.05) is 6.42 Å². The Hall–Kier alpha value is -2.76. The largest absolute Gasteiger partial charge is 0.365 e. The number of nitriles is 1. The number of nitrogens with one attached hydrogen (secondary N) is 2. The molecule has 2 aromatic rings. The molecule has 3 aliphatic rings. The number of hydrogen-bond acceptors (Lipinski definition) is 5. The number of nitrogens with zero attached hydrogens (tertiary/aromatic N) is 1. The second-order valence-corrected chi connectivity index (χ2v) is 9.05. The van der Waals surface area contributed by atoms with Crippen LogP contribution < -0.4 is 16.4 Å². The molecule has 3 heterocycles. The van der Waals surface area contributed by atoms with Crippen LogP contribution in [-0.2, 0) is 11.2 Å². The Morgan fingerprint density at radius 3 is 2.67 bits per heavy atom. The summed E-state index contributed by atoms with van der Waals surface area (Å²) in [4.78, 5) is 24.5. The van der Waals surface area contributed by atoms with Gasteiger partial charge in [-0.05, 0) is 72.3 Å². The number of amides is 2. The van der Waals surface area contributed by atoms with Gasteiger partial charge in [0.05, 0.1) is 16.5 Å². The van der Waals surface area contributed by atoms with E-state index in [2.05, 4.69) is 16.7 Å². The van der Waals surface area contributed by atoms with Crippen LogP contribution in [0.1, 0.15) is 40.9 Å². The molecule has 30 heavy (non-hydrogen) atoms. The summed E-state index contributed by atoms with van der Waals surface area (Å²) in [7, 11) is 0. The molecule has 2 amide bonds. The number of carbonyl (C=O) groups excluding carboxylic acids is 2. The van der Waals surface area contributed by atoms with Gasteiger partial charge in [0.1, 0.15) is 11.9 Å². The van der Waals surface area contributed by atoms with Crippen LogP contribution in [0.4, 0.5) is 4.39 Å². The van der Waals surface area contributed by atoms with Crippen molar-refractivity contribution in [1.29, 1.82) is 5.26 Å². The molecule has 2 aliphatic heterocycles. The molecule has 1 atom stereocenters. The van der Waals surface area contributed by atoms with Crippen LogP contribution in [0.5, 0.6) is 0 Å². The fourth-order valence-electron chi connectivity index (χ4n) is 4.35. The Kier molecular flexibility index (Phi) is 5.58. The van der Waals surface area contributed by atoms with Gasteiger partial charge in [-0.15, -0.1) is 11.3 Å². The highest BCUT2D eigenvalue weighted by molar-refractivity contribution is 7.12. The maximum Gasteiger partial charge on any atom is 0.258 e. The predicted molar refractivity (Wildman–Crippen MR) is 112 cm³/mol. The zero-order chi connectivity index (χ0) is 21.3. The van der Waals surface area contributed by atoms with Crippen molar-refractivity contribution in [3.05, 3.63) is 45.9 Å². The molecule has 3 fully saturated rings. The second-order valence-electron chi connectivity index (χ2n) is 8.14. The topological polar surface area (TPSA) is 108 Å². The predicted octanol–water partition coefficient (Wildman–Crippen LogP) is 2.74. The van der Waals surface area contributed by atoms with Crippen molar-refractivity contribution >= 4 is 23.2 Å². The first kappa shape index (κ1) is 20.5. The molecule has 5 rings (SSSR count). The highest BCUT2D eigenvalue weighted by atomic mass is 32.1. The van der Waals surface area contributed by atoms with Crippen molar-refractivity contribution < 1.29 is 14.0 Å². The van der Waals surface area contributed by atoms with Gasteiger partial charge >= 0.3 is 0 Å². The fourth-order valence-corrected chi connectivity index (χ4v) is 5.12. The van der Waals surface area contributed by atoms with E-state index in [1.54, 1.807) is 23.6 Å². The molecular weight excluding hydrogens is 403 g/mol. The summed E-state index contributed by atoms with van der Waals surface area (Å²) in [5, 5.41) is 17.4. The van der Waals surface area contributed by atoms with Gasteiger partial charge in [-0.1, -0.05) is 12.1 Å². The fraction of sp³-hybridized carbons (Fsp3) is 0.409. The van der Waals surface area contributed by atoms with Crippen LogP contribution in [0.25, 0.3) is 11.1 Å². The van der Waals surface area contributed by atoms with Crippen LogP contribution in [0.15, 0.2) is 29.6 Å². The van der Waals surface area contributed by atoms with E-state index in [1.807, 2.05) is 0 Å². The summed E-state index contributed by atoms with van der Waals surface area (Å²) in [5.74, 6) is -0.498. The van der Waals surface area contributed by atoms with Crippen LogP contribution in [0.3, 0.4) is 0 Å². The minimum atomic E-state index is -0.809. The minimum absolute atomic E-state index is 0.0865. The van der Waals surface area contributed by atoms with Gasteiger partial charge in [0.25, 0.3) is 5.91 Å². The van der Waals surface area contributed by atoms with E-state index >= 15 is 0 Å². The zero-order valence-corrected chi connectivity index (χ0v) is 17.2. The van der Waals surface area contributed by atoms with Crippen LogP contribution in [0, 0.1) is 23.1 Å². The van der Waals surface area contributed by atoms with Gasteiger partial charge in [0.2, 0.25) is 5.91 Å². The van der Waals surface area contributed by atoms with Gasteiger partial charge in [-0.25, -0.2) is 4.39 Å². The maximum atomic E-state index is 14.7. The average Bonchev–Trinajstić information content (AvgIpc) is 3.26. The minimum Gasteiger partial charge on any atom is -0.365 e. The monoisotopic (exact) mass is 426 g/mol. The van der Waals surface area contributed by atoms with Crippen molar-refractivity contribution in [2.75, 3.05) is 6.54 Å². The van der Waals surface area contributed by atoms with E-state index in [9.17, 15) is 19.2 Å². The van der Waals surface area contributed by atoms with E-state index in [1.165, 1.54) is 17.4 Å². The number of rotatable bonds is 6. The zero-order valence-electron chi connectivity index (χ0n) is 16.4. The average molecular weight is 427 g/mol. The van der Waals surface area contributed by atoms with Crippen LogP contribution >= 0.6 is 11.3 Å². The number of halogens is 1. The number of thiophene rings is 1. The molecule has 1 aromatic carbocycles. The van der Waals surface area contributed by atoms with Crippen molar-refractivity contribution in [2.24, 2.45) is 11.7 Å². The summed E-state index contributed by atoms with van der Waals surface area (Å²) >= 11 is 1.21. The Morgan fingerprint density at radius 2 is 2.10 bits per heavy atom. The lowest BCUT2D eigenvalue weighted by Crippen LogP contribution is -2.64. The Morgan fingerprint density at radius 1 is 1.33 bits per heavy atom. The molecule has 1 unspecified atom stereocenters. The normalized spacial score (nSPS) is 23.5. The standard InChI is InChI=1S/C22H23FN4O2S/c23-18-8-14(16-9-19(20(25)28)30-12-16)1-2-15(18)7-17(10-24)27-21(29)22-5-3-13(4-6-22)11-26-22/h1-2,8-9,12-13,17,26H,3-7,11H2,(H2,25,28)(H,27,29). The number of nitrogens with two attached hydrogens (primary N) is 1. The van der Waals surface area contributed by atoms with E-state index in [-0.39, 0.29) is 12.3 Å². The summed E-state index contributed by atoms with van der Waals surface area (Å²) in [5.41, 5.74) is 6.37. The molecule has 156 valence electrons. The lowest BCUT2D eigenvalue weighted by molar-refractivity contribution is -0.131. The summed E-state index contributed by atoms with van der Waals surface area (Å²) in [6, 6.07) is 7.64. The molecule has 1 aliphatic carbocycles. The molecule has 4 N–H and O–H groups in total. The molecule has 6 nitrogen and oxygen atoms in total. The Bertz CT molecular complexity index is 1010. The van der Waals surface area contributed by atoms with Gasteiger partial charge < -0.3 is 16.4 Å². The summed E-state index contributed by atoms with van der Waals surface area (Å²) < 4.78 is 14.7. The molecule has 2 bridgehead atoms. The molecule has 1 aromatic heterocycles. The molecule has 2 saturated heterocycles. The van der Waals surface area contributed by atoms with E-state index < -0.39 is 23.3 Å². The van der Waals surface area contributed by atoms with Crippen molar-refractivity contribution in [3.8, 4) is 17.2 Å². The van der Waals surface area contributed by atoms with Crippen LogP contribution in [-0.4, -0.2) is 29.9 Å². The van der Waals surface area contributed by atoms with Gasteiger partial charge in [0.15, 0.2) is 0 Å². The third-order valence-corrected chi connectivity index (χ3v) is 7.18. The number of hydrogen-bond donors (Lipinski definition) is 3. The molecule has 1 saturated carbocycles. The number of carbonyl (C=O) groups is 2. The molecule has 0 radical (unpaired) electrons. The SMILES string of the molecule is N#CC(Cc1ccc(-c2csc(C(N)=O)c2)cc1F)NC(=O)C12CCC(CC1)CN2. The van der Waals surface area contributed by atoms with Crippen molar-refractivity contribution in [2.45, 2.75) is 43.7 Å². The number of primary amides is 1. The van der Waals surface area contributed by atoms with Crippen molar-refractivity contribution in [3.63, 3.8) is 0 Å². The maximum absolute atomic E-state index is 14.7. The van der Waals surface area contributed by atoms with E-state index in [4.69, 9.17) is 5.73 Å². The number of piperidine rings is 2. The molecule has 8 heteroatoms. The van der Waals surface area contributed by atoms with E-state index in [0.717, 1.165) is 32.2 Å². The first-order valence-corrected chi connectivity index (χ1v) is 10.9. The number of fused-ring (bicyclic) bond motifs is 3. The van der Waals surface area contributed by atoms with Crippen molar-refractivity contribution in [1.82, 2.24) is 10.6 Å². The van der Waals surface area contributed by atoms with Crippen LogP contribution in [0.2, 0.25) is 0 Å². The Balaban J connectivity index is 1.45. The lowest BCUT2D eigenvalue weighted by atomic mass is 9.71. The number of benzene rings is 1. The Labute approximate surface area is 178 Å². The molecular formula is C22H23FN4O2S. The van der Waals surface area contributed by atoms with Gasteiger partial charge in [-0.3, -0.25) is 9.59 Å². The third kappa shape index (κ3) is 3.95. The lowest BCUT2D eigenvalue weighted by Gasteiger charge is -2.46. The van der Waals surface area contributed by atoms with Gasteiger partial charge in [-0.2, -0.15) is 5.26 Å². The summed E-state index contributed by atoms with van der Waals surface area (Å²) in [6.45, 7) is 0.834. The quantitative estimate of drug-likeness (QED) is 0.660. The highest BCUT2D eigenvalue weighted by Crippen LogP contribution is 2.37. The smallest absolute Gasteiger partial charge is 0.258 e. The first-order valence-electron chi connectivity index (χ1n) is 10.0.